The molecule has 3 aromatic rings. The van der Waals surface area contributed by atoms with Crippen LogP contribution in [0.1, 0.15) is 60.3 Å². The fraction of sp³-hybridized carbons (Fsp3) is 0.385. The summed E-state index contributed by atoms with van der Waals surface area (Å²) in [4.78, 5) is 23.5. The third kappa shape index (κ3) is 5.70. The molecule has 38 heavy (non-hydrogen) atoms. The molecule has 0 bridgehead atoms. The Bertz CT molecular complexity index is 1510. The summed E-state index contributed by atoms with van der Waals surface area (Å²) in [5.74, 6) is -0.380. The lowest BCUT2D eigenvalue weighted by Crippen LogP contribution is -2.32. The van der Waals surface area contributed by atoms with Crippen LogP contribution in [0.15, 0.2) is 41.3 Å². The van der Waals surface area contributed by atoms with Crippen molar-refractivity contribution in [3.05, 3.63) is 68.9 Å². The number of rotatable bonds is 10. The van der Waals surface area contributed by atoms with Crippen LogP contribution in [0.2, 0.25) is 0 Å². The highest BCUT2D eigenvalue weighted by molar-refractivity contribution is 7.89. The molecule has 12 heteroatoms. The summed E-state index contributed by atoms with van der Waals surface area (Å²) < 4.78 is 36.6. The Hall–Kier alpha value is -3.77. The Balaban J connectivity index is 1.88. The van der Waals surface area contributed by atoms with E-state index in [1.54, 1.807) is 6.92 Å². The fourth-order valence-corrected chi connectivity index (χ4v) is 5.27. The van der Waals surface area contributed by atoms with Gasteiger partial charge in [0.15, 0.2) is 5.69 Å². The van der Waals surface area contributed by atoms with Crippen molar-refractivity contribution in [3.63, 3.8) is 0 Å². The van der Waals surface area contributed by atoms with E-state index in [0.29, 0.717) is 24.1 Å². The van der Waals surface area contributed by atoms with Crippen molar-refractivity contribution in [2.24, 2.45) is 0 Å². The smallest absolute Gasteiger partial charge is 0.272 e. The largest absolute Gasteiger partial charge is 0.437 e. The van der Waals surface area contributed by atoms with Gasteiger partial charge in [-0.1, -0.05) is 19.1 Å². The summed E-state index contributed by atoms with van der Waals surface area (Å²) >= 11 is 0. The lowest BCUT2D eigenvalue weighted by molar-refractivity contribution is -0.385. The first-order chi connectivity index (χ1) is 17.9. The zero-order valence-electron chi connectivity index (χ0n) is 21.9. The summed E-state index contributed by atoms with van der Waals surface area (Å²) in [5, 5.41) is 18.9. The number of carbonyl (C=O) groups is 1. The average Bonchev–Trinajstić information content (AvgIpc) is 3.61. The van der Waals surface area contributed by atoms with Crippen LogP contribution in [-0.2, 0) is 10.0 Å². The van der Waals surface area contributed by atoms with Crippen molar-refractivity contribution in [1.29, 1.82) is 0 Å². The van der Waals surface area contributed by atoms with Crippen molar-refractivity contribution < 1.29 is 22.9 Å². The third-order valence-electron chi connectivity index (χ3n) is 6.40. The minimum Gasteiger partial charge on any atom is -0.437 e. The molecule has 1 unspecified atom stereocenters. The van der Waals surface area contributed by atoms with Gasteiger partial charge in [0.05, 0.1) is 10.6 Å². The van der Waals surface area contributed by atoms with Gasteiger partial charge in [-0.2, -0.15) is 9.78 Å². The van der Waals surface area contributed by atoms with Crippen LogP contribution in [0, 0.1) is 30.9 Å². The van der Waals surface area contributed by atoms with Crippen molar-refractivity contribution in [2.75, 3.05) is 0 Å². The number of nitrogens with one attached hydrogen (secondary N) is 2. The Morgan fingerprint density at radius 3 is 2.55 bits per heavy atom. The maximum absolute atomic E-state index is 13.2. The zero-order chi connectivity index (χ0) is 27.8. The molecule has 2 N–H and O–H groups in total. The molecule has 2 aromatic carbocycles. The molecule has 1 aromatic heterocycles. The number of ether oxygens (including phenoxy) is 1. The molecule has 1 amide bonds. The number of hydrogen-bond donors (Lipinski definition) is 2. The van der Waals surface area contributed by atoms with E-state index in [9.17, 15) is 23.3 Å². The first-order valence-electron chi connectivity index (χ1n) is 12.4. The number of sulfonamides is 1. The fourth-order valence-electron chi connectivity index (χ4n) is 3.81. The number of non-ortho nitro benzene ring substituents is 1. The number of benzene rings is 2. The molecule has 1 aliphatic carbocycles. The molecule has 0 aliphatic heterocycles. The number of aromatic nitrogens is 2. The lowest BCUT2D eigenvalue weighted by atomic mass is 10.1. The van der Waals surface area contributed by atoms with Crippen molar-refractivity contribution in [2.45, 2.75) is 70.9 Å². The van der Waals surface area contributed by atoms with Gasteiger partial charge in [0.2, 0.25) is 15.9 Å². The van der Waals surface area contributed by atoms with E-state index in [4.69, 9.17) is 4.74 Å². The molecule has 1 atom stereocenters. The maximum atomic E-state index is 13.2. The van der Waals surface area contributed by atoms with E-state index in [1.807, 2.05) is 45.9 Å². The number of nitrogens with zero attached hydrogens (tertiary/aromatic N) is 3. The van der Waals surface area contributed by atoms with Crippen molar-refractivity contribution in [3.8, 4) is 17.3 Å². The Labute approximate surface area is 221 Å². The van der Waals surface area contributed by atoms with E-state index < -0.39 is 20.9 Å². The molecule has 11 nitrogen and oxygen atoms in total. The van der Waals surface area contributed by atoms with E-state index in [-0.39, 0.29) is 40.0 Å². The quantitative estimate of drug-likeness (QED) is 0.284. The van der Waals surface area contributed by atoms with Gasteiger partial charge in [-0.15, -0.1) is 0 Å². The number of hydrogen-bond acceptors (Lipinski definition) is 7. The van der Waals surface area contributed by atoms with Gasteiger partial charge in [-0.25, -0.2) is 13.1 Å². The molecule has 0 saturated heterocycles. The third-order valence-corrected chi connectivity index (χ3v) is 7.94. The van der Waals surface area contributed by atoms with Gasteiger partial charge in [0.1, 0.15) is 10.6 Å². The molecule has 0 spiro atoms. The summed E-state index contributed by atoms with van der Waals surface area (Å²) in [6.07, 6.45) is 2.11. The maximum Gasteiger partial charge on any atom is 0.272 e. The van der Waals surface area contributed by atoms with Crippen LogP contribution in [0.4, 0.5) is 5.69 Å². The van der Waals surface area contributed by atoms with E-state index >= 15 is 0 Å². The molecular weight excluding hydrogens is 510 g/mol. The van der Waals surface area contributed by atoms with Crippen LogP contribution < -0.4 is 14.8 Å². The molecule has 1 aliphatic rings. The van der Waals surface area contributed by atoms with E-state index in [0.717, 1.165) is 23.6 Å². The van der Waals surface area contributed by atoms with Gasteiger partial charge in [0, 0.05) is 29.8 Å². The first kappa shape index (κ1) is 27.3. The summed E-state index contributed by atoms with van der Waals surface area (Å²) in [6, 6.07) is 8.83. The predicted molar refractivity (Wildman–Crippen MR) is 142 cm³/mol. The molecule has 202 valence electrons. The van der Waals surface area contributed by atoms with Crippen LogP contribution in [0.5, 0.6) is 11.6 Å². The van der Waals surface area contributed by atoms with Gasteiger partial charge in [-0.3, -0.25) is 14.9 Å². The average molecular weight is 542 g/mol. The second-order valence-corrected chi connectivity index (χ2v) is 11.3. The minimum absolute atomic E-state index is 0.0861. The van der Waals surface area contributed by atoms with Crippen LogP contribution in [0.3, 0.4) is 0 Å². The lowest BCUT2D eigenvalue weighted by Gasteiger charge is -2.15. The molecular formula is C26H31N5O6S. The summed E-state index contributed by atoms with van der Waals surface area (Å²) in [6.45, 7) is 9.30. The Morgan fingerprint density at radius 2 is 1.92 bits per heavy atom. The second-order valence-electron chi connectivity index (χ2n) is 9.65. The minimum atomic E-state index is -4.13. The number of carbonyl (C=O) groups excluding carboxylic acids is 1. The number of amides is 1. The Morgan fingerprint density at radius 1 is 1.21 bits per heavy atom. The molecule has 1 saturated carbocycles. The number of aryl methyl sites for hydroxylation is 2. The van der Waals surface area contributed by atoms with Gasteiger partial charge in [-0.05, 0) is 70.2 Å². The summed E-state index contributed by atoms with van der Waals surface area (Å²) in [5.41, 5.74) is 2.58. The normalized spacial score (nSPS) is 14.2. The highest BCUT2D eigenvalue weighted by Crippen LogP contribution is 2.37. The van der Waals surface area contributed by atoms with Crippen LogP contribution >= 0.6 is 0 Å². The summed E-state index contributed by atoms with van der Waals surface area (Å²) in [7, 11) is -4.13. The van der Waals surface area contributed by atoms with Crippen molar-refractivity contribution >= 4 is 21.6 Å². The van der Waals surface area contributed by atoms with Gasteiger partial charge >= 0.3 is 0 Å². The van der Waals surface area contributed by atoms with Crippen LogP contribution in [-0.4, -0.2) is 41.1 Å². The number of nitro benzene ring substituents is 1. The molecule has 1 fully saturated rings. The second kappa shape index (κ2) is 10.5. The Kier molecular flexibility index (Phi) is 7.56. The van der Waals surface area contributed by atoms with Crippen molar-refractivity contribution in [1.82, 2.24) is 19.8 Å². The topological polar surface area (TPSA) is 145 Å². The highest BCUT2D eigenvalue weighted by atomic mass is 32.2. The monoisotopic (exact) mass is 541 g/mol. The van der Waals surface area contributed by atoms with E-state index in [2.05, 4.69) is 15.1 Å². The van der Waals surface area contributed by atoms with Gasteiger partial charge < -0.3 is 10.1 Å². The number of nitro groups is 1. The zero-order valence-corrected chi connectivity index (χ0v) is 22.8. The highest BCUT2D eigenvalue weighted by Gasteiger charge is 2.32. The predicted octanol–water partition coefficient (Wildman–Crippen LogP) is 4.47. The standard InChI is InChI=1S/C26H31N5O6S/c1-6-17(4)27-25(32)24-18(5)26(30(28-24)21-13-15(2)7-8-16(21)3)37-22-12-11-20(31(33)34)14-23(22)38(35,36)29-19-9-10-19/h7-8,11-14,17,19,29H,6,9-10H2,1-5H3,(H,27,32). The van der Waals surface area contributed by atoms with Gasteiger partial charge in [0.25, 0.3) is 11.6 Å². The van der Waals surface area contributed by atoms with Crippen LogP contribution in [0.25, 0.3) is 5.69 Å². The van der Waals surface area contributed by atoms with E-state index in [1.165, 1.54) is 16.8 Å². The SMILES string of the molecule is CCC(C)NC(=O)c1nn(-c2cc(C)ccc2C)c(Oc2ccc([N+](=O)[O-])cc2S(=O)(=O)NC2CC2)c1C. The first-order valence-corrected chi connectivity index (χ1v) is 13.9. The molecule has 0 radical (unpaired) electrons. The molecule has 1 heterocycles. The molecule has 4 rings (SSSR count).